The molecule has 142 valence electrons. The Hall–Kier alpha value is -2.63. The molecular formula is C22H24O5. The second kappa shape index (κ2) is 9.35. The third kappa shape index (κ3) is 4.96. The summed E-state index contributed by atoms with van der Waals surface area (Å²) in [5, 5.41) is 9.61. The number of carboxylic acid groups (broad SMARTS) is 1. The molecule has 0 bridgehead atoms. The van der Waals surface area contributed by atoms with E-state index in [1.807, 2.05) is 48.5 Å². The van der Waals surface area contributed by atoms with Crippen molar-refractivity contribution < 1.29 is 24.1 Å². The topological polar surface area (TPSA) is 65.0 Å². The fourth-order valence-electron chi connectivity index (χ4n) is 3.26. The molecule has 5 heteroatoms. The van der Waals surface area contributed by atoms with Gasteiger partial charge < -0.3 is 19.3 Å². The summed E-state index contributed by atoms with van der Waals surface area (Å²) in [7, 11) is 1.59. The molecule has 2 aromatic carbocycles. The average Bonchev–Trinajstić information content (AvgIpc) is 2.70. The number of carboxylic acids is 1. The largest absolute Gasteiger partial charge is 0.479 e. The SMILES string of the molecule is COCOc1cccc2c1CCC=C2CC(OCc1ccccc1)C(=O)O. The van der Waals surface area contributed by atoms with Crippen LogP contribution in [0.5, 0.6) is 5.75 Å². The highest BCUT2D eigenvalue weighted by molar-refractivity contribution is 5.79. The maximum absolute atomic E-state index is 11.7. The van der Waals surface area contributed by atoms with E-state index in [1.54, 1.807) is 7.11 Å². The van der Waals surface area contributed by atoms with Crippen LogP contribution in [-0.2, 0) is 27.3 Å². The van der Waals surface area contributed by atoms with Crippen molar-refractivity contribution in [3.8, 4) is 5.75 Å². The van der Waals surface area contributed by atoms with Gasteiger partial charge in [0.2, 0.25) is 0 Å². The number of hydrogen-bond donors (Lipinski definition) is 1. The summed E-state index contributed by atoms with van der Waals surface area (Å²) in [6, 6.07) is 15.4. The van der Waals surface area contributed by atoms with Crippen LogP contribution in [-0.4, -0.2) is 31.1 Å². The molecule has 0 aliphatic heterocycles. The van der Waals surface area contributed by atoms with Crippen LogP contribution in [0.15, 0.2) is 54.6 Å². The van der Waals surface area contributed by atoms with Gasteiger partial charge in [-0.05, 0) is 35.6 Å². The molecule has 1 aliphatic rings. The normalized spacial score (nSPS) is 14.2. The summed E-state index contributed by atoms with van der Waals surface area (Å²) < 4.78 is 16.4. The van der Waals surface area contributed by atoms with Crippen LogP contribution < -0.4 is 4.74 Å². The van der Waals surface area contributed by atoms with E-state index >= 15 is 0 Å². The average molecular weight is 368 g/mol. The van der Waals surface area contributed by atoms with Gasteiger partial charge in [-0.25, -0.2) is 4.79 Å². The third-order valence-electron chi connectivity index (χ3n) is 4.57. The van der Waals surface area contributed by atoms with Crippen molar-refractivity contribution in [1.29, 1.82) is 0 Å². The Kier molecular flexibility index (Phi) is 6.63. The number of allylic oxidation sites excluding steroid dienone is 1. The van der Waals surface area contributed by atoms with Crippen LogP contribution in [0.4, 0.5) is 0 Å². The zero-order valence-corrected chi connectivity index (χ0v) is 15.4. The summed E-state index contributed by atoms with van der Waals surface area (Å²) in [6.45, 7) is 0.461. The zero-order chi connectivity index (χ0) is 19.1. The number of fused-ring (bicyclic) bond motifs is 1. The number of benzene rings is 2. The lowest BCUT2D eigenvalue weighted by molar-refractivity contribution is -0.150. The highest BCUT2D eigenvalue weighted by atomic mass is 16.7. The smallest absolute Gasteiger partial charge is 0.333 e. The van der Waals surface area contributed by atoms with Crippen molar-refractivity contribution in [2.45, 2.75) is 32.0 Å². The first-order chi connectivity index (χ1) is 13.2. The summed E-state index contributed by atoms with van der Waals surface area (Å²) in [5.74, 6) is -0.164. The van der Waals surface area contributed by atoms with E-state index in [1.165, 1.54) is 0 Å². The van der Waals surface area contributed by atoms with Crippen LogP contribution in [0.25, 0.3) is 5.57 Å². The zero-order valence-electron chi connectivity index (χ0n) is 15.4. The summed E-state index contributed by atoms with van der Waals surface area (Å²) in [5.41, 5.74) is 4.07. The molecule has 1 N–H and O–H groups in total. The molecule has 0 aromatic heterocycles. The molecule has 5 nitrogen and oxygen atoms in total. The van der Waals surface area contributed by atoms with E-state index in [4.69, 9.17) is 14.2 Å². The van der Waals surface area contributed by atoms with Gasteiger partial charge >= 0.3 is 5.97 Å². The number of aliphatic carboxylic acids is 1. The molecule has 0 spiro atoms. The van der Waals surface area contributed by atoms with Gasteiger partial charge in [0, 0.05) is 19.1 Å². The lowest BCUT2D eigenvalue weighted by Crippen LogP contribution is -2.24. The van der Waals surface area contributed by atoms with E-state index in [2.05, 4.69) is 6.08 Å². The van der Waals surface area contributed by atoms with E-state index in [0.29, 0.717) is 6.42 Å². The number of carbonyl (C=O) groups is 1. The molecule has 1 aliphatic carbocycles. The molecule has 0 amide bonds. The van der Waals surface area contributed by atoms with Crippen LogP contribution >= 0.6 is 0 Å². The van der Waals surface area contributed by atoms with Crippen molar-refractivity contribution in [1.82, 2.24) is 0 Å². The highest BCUT2D eigenvalue weighted by Crippen LogP contribution is 2.35. The molecule has 27 heavy (non-hydrogen) atoms. The van der Waals surface area contributed by atoms with E-state index in [-0.39, 0.29) is 13.4 Å². The molecule has 3 rings (SSSR count). The van der Waals surface area contributed by atoms with Crippen molar-refractivity contribution >= 4 is 11.5 Å². The van der Waals surface area contributed by atoms with Gasteiger partial charge in [0.1, 0.15) is 5.75 Å². The van der Waals surface area contributed by atoms with E-state index < -0.39 is 12.1 Å². The van der Waals surface area contributed by atoms with Crippen LogP contribution in [0, 0.1) is 0 Å². The first kappa shape index (κ1) is 19.1. The van der Waals surface area contributed by atoms with Crippen LogP contribution in [0.2, 0.25) is 0 Å². The minimum atomic E-state index is -0.953. The quantitative estimate of drug-likeness (QED) is 0.676. The van der Waals surface area contributed by atoms with Crippen molar-refractivity contribution in [3.63, 3.8) is 0 Å². The predicted molar refractivity (Wildman–Crippen MR) is 103 cm³/mol. The molecule has 0 saturated carbocycles. The van der Waals surface area contributed by atoms with Gasteiger partial charge in [0.25, 0.3) is 0 Å². The summed E-state index contributed by atoms with van der Waals surface area (Å²) in [4.78, 5) is 11.7. The monoisotopic (exact) mass is 368 g/mol. The number of rotatable bonds is 9. The van der Waals surface area contributed by atoms with Gasteiger partial charge in [0.05, 0.1) is 6.61 Å². The minimum Gasteiger partial charge on any atom is -0.479 e. The predicted octanol–water partition coefficient (Wildman–Crippen LogP) is 4.06. The lowest BCUT2D eigenvalue weighted by Gasteiger charge is -2.23. The highest BCUT2D eigenvalue weighted by Gasteiger charge is 2.24. The maximum atomic E-state index is 11.7. The van der Waals surface area contributed by atoms with Gasteiger partial charge in [-0.1, -0.05) is 48.5 Å². The molecular weight excluding hydrogens is 344 g/mol. The van der Waals surface area contributed by atoms with E-state index in [0.717, 1.165) is 40.9 Å². The van der Waals surface area contributed by atoms with Crippen LogP contribution in [0.3, 0.4) is 0 Å². The minimum absolute atomic E-state index is 0.188. The Bertz CT molecular complexity index is 798. The fraction of sp³-hybridized carbons (Fsp3) is 0.318. The Labute approximate surface area is 159 Å². The molecule has 1 unspecified atom stereocenters. The summed E-state index contributed by atoms with van der Waals surface area (Å²) >= 11 is 0. The molecule has 0 saturated heterocycles. The Morgan fingerprint density at radius 2 is 1.96 bits per heavy atom. The summed E-state index contributed by atoms with van der Waals surface area (Å²) in [6.07, 6.45) is 3.24. The number of methoxy groups -OCH3 is 1. The Morgan fingerprint density at radius 1 is 1.15 bits per heavy atom. The molecule has 1 atom stereocenters. The van der Waals surface area contributed by atoms with E-state index in [9.17, 15) is 9.90 Å². The second-order valence-corrected chi connectivity index (χ2v) is 6.43. The van der Waals surface area contributed by atoms with Gasteiger partial charge in [-0.15, -0.1) is 0 Å². The van der Waals surface area contributed by atoms with Gasteiger partial charge in [-0.2, -0.15) is 0 Å². The maximum Gasteiger partial charge on any atom is 0.333 e. The van der Waals surface area contributed by atoms with Crippen molar-refractivity contribution in [2.75, 3.05) is 13.9 Å². The van der Waals surface area contributed by atoms with Crippen LogP contribution in [0.1, 0.15) is 29.5 Å². The standard InChI is InChI=1S/C22H24O5/c1-25-15-27-20-12-6-10-18-17(9-5-11-19(18)20)13-21(22(23)24)26-14-16-7-3-2-4-8-16/h2-4,6-10,12,21H,5,11,13-15H2,1H3,(H,23,24). The lowest BCUT2D eigenvalue weighted by atomic mass is 9.87. The van der Waals surface area contributed by atoms with Gasteiger partial charge in [-0.3, -0.25) is 0 Å². The van der Waals surface area contributed by atoms with Gasteiger partial charge in [0.15, 0.2) is 12.9 Å². The number of ether oxygens (including phenoxy) is 3. The molecule has 0 radical (unpaired) electrons. The first-order valence-electron chi connectivity index (χ1n) is 9.00. The molecule has 0 heterocycles. The van der Waals surface area contributed by atoms with Crippen molar-refractivity contribution in [2.24, 2.45) is 0 Å². The first-order valence-corrected chi connectivity index (χ1v) is 9.00. The Morgan fingerprint density at radius 3 is 2.70 bits per heavy atom. The third-order valence-corrected chi connectivity index (χ3v) is 4.57. The van der Waals surface area contributed by atoms with Crippen molar-refractivity contribution in [3.05, 3.63) is 71.3 Å². The molecule has 2 aromatic rings. The fourth-order valence-corrected chi connectivity index (χ4v) is 3.26. The second-order valence-electron chi connectivity index (χ2n) is 6.43. The molecule has 0 fully saturated rings. The Balaban J connectivity index is 1.74. The number of hydrogen-bond acceptors (Lipinski definition) is 4.